The summed E-state index contributed by atoms with van der Waals surface area (Å²) in [5, 5.41) is 8.78. The fraction of sp³-hybridized carbons (Fsp3) is 0.368. The number of rotatable bonds is 4. The van der Waals surface area contributed by atoms with E-state index in [1.807, 2.05) is 6.07 Å². The van der Waals surface area contributed by atoms with E-state index in [2.05, 4.69) is 29.2 Å². The first-order valence-electron chi connectivity index (χ1n) is 8.16. The molecule has 1 fully saturated rings. The Bertz CT molecular complexity index is 661. The van der Waals surface area contributed by atoms with Gasteiger partial charge in [0.2, 0.25) is 5.88 Å². The van der Waals surface area contributed by atoms with Crippen molar-refractivity contribution in [3.63, 3.8) is 0 Å². The molecule has 1 heterocycles. The second-order valence-electron chi connectivity index (χ2n) is 6.09. The Balaban J connectivity index is 1.72. The summed E-state index contributed by atoms with van der Waals surface area (Å²) in [4.78, 5) is 14.7. The summed E-state index contributed by atoms with van der Waals surface area (Å²) >= 11 is 0. The fourth-order valence-corrected chi connectivity index (χ4v) is 3.30. The Labute approximate surface area is 136 Å². The Hall–Kier alpha value is -2.36. The second kappa shape index (κ2) is 7.27. The average Bonchev–Trinajstić information content (AvgIpc) is 2.58. The first kappa shape index (κ1) is 15.5. The lowest BCUT2D eigenvalue weighted by Crippen LogP contribution is -2.07. The number of pyridine rings is 1. The quantitative estimate of drug-likeness (QED) is 0.826. The monoisotopic (exact) mass is 311 g/mol. The molecule has 23 heavy (non-hydrogen) atoms. The lowest BCUT2D eigenvalue weighted by Gasteiger charge is -2.22. The number of hydrogen-bond acceptors (Lipinski definition) is 3. The fourth-order valence-electron chi connectivity index (χ4n) is 3.30. The van der Waals surface area contributed by atoms with Crippen molar-refractivity contribution in [3.8, 4) is 5.88 Å². The zero-order valence-corrected chi connectivity index (χ0v) is 13.1. The van der Waals surface area contributed by atoms with Crippen LogP contribution in [0.25, 0.3) is 0 Å². The van der Waals surface area contributed by atoms with Gasteiger partial charge in [0.05, 0.1) is 0 Å². The third-order valence-corrected chi connectivity index (χ3v) is 4.48. The number of carboxylic acid groups (broad SMARTS) is 1. The van der Waals surface area contributed by atoms with Gasteiger partial charge in [-0.3, -0.25) is 0 Å². The number of aromatic nitrogens is 1. The normalized spacial score (nSPS) is 15.3. The van der Waals surface area contributed by atoms with Crippen molar-refractivity contribution in [1.29, 1.82) is 0 Å². The molecule has 3 rings (SSSR count). The molecule has 4 heteroatoms. The van der Waals surface area contributed by atoms with Crippen molar-refractivity contribution >= 4 is 6.16 Å². The smallest absolute Gasteiger partial charge is 0.449 e. The van der Waals surface area contributed by atoms with E-state index < -0.39 is 6.16 Å². The van der Waals surface area contributed by atoms with E-state index in [1.165, 1.54) is 43.9 Å². The second-order valence-corrected chi connectivity index (χ2v) is 6.09. The molecule has 0 amide bonds. The van der Waals surface area contributed by atoms with E-state index in [4.69, 9.17) is 9.84 Å². The van der Waals surface area contributed by atoms with Crippen LogP contribution >= 0.6 is 0 Å². The van der Waals surface area contributed by atoms with Crippen molar-refractivity contribution < 1.29 is 14.6 Å². The molecule has 0 bridgehead atoms. The van der Waals surface area contributed by atoms with Crippen LogP contribution in [0.1, 0.15) is 54.7 Å². The van der Waals surface area contributed by atoms with Crippen molar-refractivity contribution in [3.05, 3.63) is 59.3 Å². The predicted molar refractivity (Wildman–Crippen MR) is 88.0 cm³/mol. The van der Waals surface area contributed by atoms with Gasteiger partial charge in [-0.15, -0.1) is 0 Å². The van der Waals surface area contributed by atoms with Gasteiger partial charge in [0, 0.05) is 18.2 Å². The molecule has 120 valence electrons. The van der Waals surface area contributed by atoms with Gasteiger partial charge in [0.15, 0.2) is 0 Å². The summed E-state index contributed by atoms with van der Waals surface area (Å²) in [5.41, 5.74) is 3.33. The van der Waals surface area contributed by atoms with Crippen LogP contribution in [0.2, 0.25) is 0 Å². The van der Waals surface area contributed by atoms with Crippen LogP contribution in [0.15, 0.2) is 42.6 Å². The minimum absolute atomic E-state index is 0.163. The van der Waals surface area contributed by atoms with Gasteiger partial charge >= 0.3 is 6.16 Å². The van der Waals surface area contributed by atoms with Crippen LogP contribution in [0.3, 0.4) is 0 Å². The van der Waals surface area contributed by atoms with E-state index in [9.17, 15) is 4.79 Å². The van der Waals surface area contributed by atoms with E-state index >= 15 is 0 Å². The lowest BCUT2D eigenvalue weighted by atomic mass is 9.84. The number of nitrogens with zero attached hydrogens (tertiary/aromatic N) is 1. The Morgan fingerprint density at radius 2 is 1.87 bits per heavy atom. The number of ether oxygens (including phenoxy) is 1. The van der Waals surface area contributed by atoms with Crippen LogP contribution in [0, 0.1) is 0 Å². The Kier molecular flexibility index (Phi) is 4.91. The van der Waals surface area contributed by atoms with Crippen LogP contribution in [0.5, 0.6) is 5.88 Å². The maximum absolute atomic E-state index is 10.7. The zero-order valence-electron chi connectivity index (χ0n) is 13.1. The van der Waals surface area contributed by atoms with Crippen LogP contribution in [-0.2, 0) is 6.42 Å². The molecule has 0 saturated heterocycles. The predicted octanol–water partition coefficient (Wildman–Crippen LogP) is 4.78. The van der Waals surface area contributed by atoms with Gasteiger partial charge in [0.1, 0.15) is 0 Å². The minimum Gasteiger partial charge on any atom is -0.449 e. The third kappa shape index (κ3) is 4.09. The summed E-state index contributed by atoms with van der Waals surface area (Å²) in [6.07, 6.45) is 7.42. The highest BCUT2D eigenvalue weighted by Crippen LogP contribution is 2.32. The maximum Gasteiger partial charge on any atom is 0.512 e. The average molecular weight is 311 g/mol. The molecule has 0 aliphatic heterocycles. The van der Waals surface area contributed by atoms with E-state index in [1.54, 1.807) is 6.07 Å². The van der Waals surface area contributed by atoms with Gasteiger partial charge in [-0.2, -0.15) is 0 Å². The van der Waals surface area contributed by atoms with Gasteiger partial charge < -0.3 is 9.84 Å². The van der Waals surface area contributed by atoms with Gasteiger partial charge in [-0.05, 0) is 36.0 Å². The van der Waals surface area contributed by atoms with Crippen LogP contribution in [0.4, 0.5) is 4.79 Å². The van der Waals surface area contributed by atoms with E-state index in [0.29, 0.717) is 12.3 Å². The molecule has 0 atom stereocenters. The molecular weight excluding hydrogens is 290 g/mol. The molecule has 0 radical (unpaired) electrons. The molecule has 1 aliphatic carbocycles. The zero-order chi connectivity index (χ0) is 16.1. The molecule has 4 nitrogen and oxygen atoms in total. The number of benzene rings is 1. The standard InChI is InChI=1S/C19H21NO3/c21-19(22)23-18-17(7-4-12-20-18)13-14-8-10-16(11-9-14)15-5-2-1-3-6-15/h4,7-12,15H,1-3,5-6,13H2,(H,21,22). The summed E-state index contributed by atoms with van der Waals surface area (Å²) < 4.78 is 4.74. The van der Waals surface area contributed by atoms with Crippen LogP contribution < -0.4 is 4.74 Å². The molecule has 0 spiro atoms. The molecular formula is C19H21NO3. The van der Waals surface area contributed by atoms with Gasteiger partial charge in [0.25, 0.3) is 0 Å². The SMILES string of the molecule is O=C(O)Oc1ncccc1Cc1ccc(C2CCCCC2)cc1. The third-order valence-electron chi connectivity index (χ3n) is 4.48. The van der Waals surface area contributed by atoms with E-state index in [0.717, 1.165) is 11.1 Å². The molecule has 1 aromatic heterocycles. The van der Waals surface area contributed by atoms with Crippen molar-refractivity contribution in [2.75, 3.05) is 0 Å². The Morgan fingerprint density at radius 3 is 2.57 bits per heavy atom. The molecule has 1 aliphatic rings. The topological polar surface area (TPSA) is 59.4 Å². The van der Waals surface area contributed by atoms with Crippen molar-refractivity contribution in [2.24, 2.45) is 0 Å². The number of carbonyl (C=O) groups is 1. The Morgan fingerprint density at radius 1 is 1.13 bits per heavy atom. The summed E-state index contributed by atoms with van der Waals surface area (Å²) in [7, 11) is 0. The molecule has 1 saturated carbocycles. The van der Waals surface area contributed by atoms with Crippen molar-refractivity contribution in [1.82, 2.24) is 4.98 Å². The highest BCUT2D eigenvalue weighted by Gasteiger charge is 2.15. The summed E-state index contributed by atoms with van der Waals surface area (Å²) in [6, 6.07) is 12.3. The largest absolute Gasteiger partial charge is 0.512 e. The highest BCUT2D eigenvalue weighted by atomic mass is 16.7. The molecule has 0 unspecified atom stereocenters. The minimum atomic E-state index is -1.34. The maximum atomic E-state index is 10.7. The summed E-state index contributed by atoms with van der Waals surface area (Å²) in [6.45, 7) is 0. The first-order chi connectivity index (χ1) is 11.2. The van der Waals surface area contributed by atoms with Crippen LogP contribution in [-0.4, -0.2) is 16.2 Å². The van der Waals surface area contributed by atoms with Gasteiger partial charge in [-0.25, -0.2) is 9.78 Å². The molecule has 2 aromatic rings. The summed E-state index contributed by atoms with van der Waals surface area (Å²) in [5.74, 6) is 0.860. The lowest BCUT2D eigenvalue weighted by molar-refractivity contribution is 0.142. The molecule has 1 N–H and O–H groups in total. The number of hydrogen-bond donors (Lipinski definition) is 1. The van der Waals surface area contributed by atoms with E-state index in [-0.39, 0.29) is 5.88 Å². The van der Waals surface area contributed by atoms with Crippen molar-refractivity contribution in [2.45, 2.75) is 44.4 Å². The van der Waals surface area contributed by atoms with Gasteiger partial charge in [-0.1, -0.05) is 49.6 Å². The first-order valence-corrected chi connectivity index (χ1v) is 8.16. The molecule has 1 aromatic carbocycles. The highest BCUT2D eigenvalue weighted by molar-refractivity contribution is 5.61.